The van der Waals surface area contributed by atoms with Gasteiger partial charge in [-0.2, -0.15) is 0 Å². The molecule has 0 aliphatic carbocycles. The van der Waals surface area contributed by atoms with Crippen molar-refractivity contribution in [2.45, 2.75) is 4.34 Å². The van der Waals surface area contributed by atoms with Crippen molar-refractivity contribution in [2.75, 3.05) is 11.1 Å². The number of nitrogens with zero attached hydrogens (tertiary/aromatic N) is 1. The summed E-state index contributed by atoms with van der Waals surface area (Å²) < 4.78 is 0.650. The van der Waals surface area contributed by atoms with Crippen LogP contribution in [0.4, 0.5) is 5.00 Å². The van der Waals surface area contributed by atoms with Gasteiger partial charge in [0.25, 0.3) is 5.91 Å². The summed E-state index contributed by atoms with van der Waals surface area (Å²) in [4.78, 5) is 28.2. The molecule has 5 nitrogen and oxygen atoms in total. The third-order valence-corrected chi connectivity index (χ3v) is 5.80. The van der Waals surface area contributed by atoms with Gasteiger partial charge in [0.05, 0.1) is 16.3 Å². The molecule has 0 aliphatic rings. The van der Waals surface area contributed by atoms with E-state index in [2.05, 4.69) is 10.3 Å². The lowest BCUT2D eigenvalue weighted by molar-refractivity contribution is -0.115. The number of halogens is 1. The van der Waals surface area contributed by atoms with Gasteiger partial charge in [-0.15, -0.1) is 0 Å². The first-order chi connectivity index (χ1) is 12.5. The number of hydrogen-bond donors (Lipinski definition) is 2. The standard InChI is InChI=1S/C18H14ClN3O2S2/c19-13-9-5-4-8-12(13)16(24)22-17-15(11-6-2-1-3-7-11)21-18(26-17)25-10-14(20)23/h1-9H,10H2,(H2,20,23)(H,22,24). The van der Waals surface area contributed by atoms with Crippen molar-refractivity contribution in [1.29, 1.82) is 0 Å². The maximum atomic E-state index is 12.6. The van der Waals surface area contributed by atoms with E-state index in [1.165, 1.54) is 23.1 Å². The van der Waals surface area contributed by atoms with Gasteiger partial charge >= 0.3 is 0 Å². The minimum atomic E-state index is -0.423. The van der Waals surface area contributed by atoms with Crippen LogP contribution in [0.5, 0.6) is 0 Å². The van der Waals surface area contributed by atoms with E-state index in [0.29, 0.717) is 25.6 Å². The molecule has 0 spiro atoms. The Morgan fingerprint density at radius 2 is 1.81 bits per heavy atom. The molecule has 3 rings (SSSR count). The molecule has 3 aromatic rings. The summed E-state index contributed by atoms with van der Waals surface area (Å²) in [5, 5.41) is 3.84. The van der Waals surface area contributed by atoms with Crippen LogP contribution in [0.2, 0.25) is 5.02 Å². The summed E-state index contributed by atoms with van der Waals surface area (Å²) in [6.45, 7) is 0. The van der Waals surface area contributed by atoms with E-state index in [4.69, 9.17) is 17.3 Å². The number of thioether (sulfide) groups is 1. The number of carbonyl (C=O) groups is 2. The van der Waals surface area contributed by atoms with Crippen LogP contribution in [-0.2, 0) is 4.79 Å². The second-order valence-electron chi connectivity index (χ2n) is 5.21. The van der Waals surface area contributed by atoms with Crippen LogP contribution in [-0.4, -0.2) is 22.6 Å². The fourth-order valence-corrected chi connectivity index (χ4v) is 4.21. The molecule has 1 heterocycles. The molecule has 0 bridgehead atoms. The molecule has 0 saturated carbocycles. The van der Waals surface area contributed by atoms with Gasteiger partial charge in [-0.05, 0) is 12.1 Å². The Balaban J connectivity index is 1.92. The Morgan fingerprint density at radius 1 is 1.12 bits per heavy atom. The number of nitrogens with one attached hydrogen (secondary N) is 1. The summed E-state index contributed by atoms with van der Waals surface area (Å²) >= 11 is 8.64. The van der Waals surface area contributed by atoms with Crippen LogP contribution in [0.15, 0.2) is 58.9 Å². The van der Waals surface area contributed by atoms with E-state index in [-0.39, 0.29) is 11.7 Å². The van der Waals surface area contributed by atoms with Crippen LogP contribution < -0.4 is 11.1 Å². The van der Waals surface area contributed by atoms with Gasteiger partial charge in [0.2, 0.25) is 5.91 Å². The van der Waals surface area contributed by atoms with E-state index in [9.17, 15) is 9.59 Å². The smallest absolute Gasteiger partial charge is 0.257 e. The number of hydrogen-bond acceptors (Lipinski definition) is 5. The largest absolute Gasteiger partial charge is 0.369 e. The van der Waals surface area contributed by atoms with Crippen molar-refractivity contribution in [1.82, 2.24) is 4.98 Å². The fraction of sp³-hybridized carbons (Fsp3) is 0.0556. The van der Waals surface area contributed by atoms with Crippen molar-refractivity contribution in [2.24, 2.45) is 5.73 Å². The lowest BCUT2D eigenvalue weighted by Gasteiger charge is -2.06. The van der Waals surface area contributed by atoms with Gasteiger partial charge in [0, 0.05) is 5.56 Å². The Kier molecular flexibility index (Phi) is 5.92. The Labute approximate surface area is 163 Å². The minimum absolute atomic E-state index is 0.125. The lowest BCUT2D eigenvalue weighted by atomic mass is 10.1. The van der Waals surface area contributed by atoms with Crippen molar-refractivity contribution >= 4 is 51.5 Å². The fourth-order valence-electron chi connectivity index (χ4n) is 2.19. The normalized spacial score (nSPS) is 10.5. The quantitative estimate of drug-likeness (QED) is 0.601. The van der Waals surface area contributed by atoms with Crippen molar-refractivity contribution in [3.8, 4) is 11.3 Å². The first-order valence-corrected chi connectivity index (χ1v) is 9.76. The average Bonchev–Trinajstić information content (AvgIpc) is 3.04. The number of carbonyl (C=O) groups excluding carboxylic acids is 2. The molecule has 0 radical (unpaired) electrons. The van der Waals surface area contributed by atoms with E-state index < -0.39 is 5.91 Å². The predicted octanol–water partition coefficient (Wildman–Crippen LogP) is 4.29. The van der Waals surface area contributed by atoms with E-state index in [1.807, 2.05) is 30.3 Å². The topological polar surface area (TPSA) is 85.1 Å². The average molecular weight is 404 g/mol. The number of primary amides is 1. The van der Waals surface area contributed by atoms with Crippen LogP contribution in [0, 0.1) is 0 Å². The third-order valence-electron chi connectivity index (χ3n) is 3.34. The Hall–Kier alpha value is -2.35. The Morgan fingerprint density at radius 3 is 2.50 bits per heavy atom. The summed E-state index contributed by atoms with van der Waals surface area (Å²) in [6, 6.07) is 16.3. The summed E-state index contributed by atoms with van der Waals surface area (Å²) in [7, 11) is 0. The molecule has 0 saturated heterocycles. The molecule has 3 N–H and O–H groups in total. The summed E-state index contributed by atoms with van der Waals surface area (Å²) in [5.41, 5.74) is 7.09. The molecule has 2 amide bonds. The van der Waals surface area contributed by atoms with Crippen molar-refractivity contribution in [3.05, 3.63) is 65.2 Å². The molecule has 26 heavy (non-hydrogen) atoms. The molecule has 0 unspecified atom stereocenters. The maximum absolute atomic E-state index is 12.6. The van der Waals surface area contributed by atoms with Gasteiger partial charge in [0.1, 0.15) is 10.7 Å². The molecular weight excluding hydrogens is 390 g/mol. The maximum Gasteiger partial charge on any atom is 0.257 e. The van der Waals surface area contributed by atoms with Crippen LogP contribution in [0.1, 0.15) is 10.4 Å². The highest BCUT2D eigenvalue weighted by Crippen LogP contribution is 2.37. The number of amides is 2. The molecule has 132 valence electrons. The monoisotopic (exact) mass is 403 g/mol. The highest BCUT2D eigenvalue weighted by molar-refractivity contribution is 8.01. The minimum Gasteiger partial charge on any atom is -0.369 e. The zero-order valence-electron chi connectivity index (χ0n) is 13.4. The molecule has 0 fully saturated rings. The van der Waals surface area contributed by atoms with Crippen molar-refractivity contribution < 1.29 is 9.59 Å². The van der Waals surface area contributed by atoms with Crippen LogP contribution in [0.3, 0.4) is 0 Å². The number of thiazole rings is 1. The second-order valence-corrected chi connectivity index (χ2v) is 7.84. The molecule has 2 aromatic carbocycles. The zero-order valence-corrected chi connectivity index (χ0v) is 15.8. The highest BCUT2D eigenvalue weighted by atomic mass is 35.5. The number of anilines is 1. The molecule has 0 atom stereocenters. The first kappa shape index (κ1) is 18.4. The summed E-state index contributed by atoms with van der Waals surface area (Å²) in [6.07, 6.45) is 0. The summed E-state index contributed by atoms with van der Waals surface area (Å²) in [5.74, 6) is -0.615. The SMILES string of the molecule is NC(=O)CSc1nc(-c2ccccc2)c(NC(=O)c2ccccc2Cl)s1. The Bertz CT molecular complexity index is 945. The van der Waals surface area contributed by atoms with Gasteiger partial charge in [-0.1, -0.05) is 77.2 Å². The second kappa shape index (κ2) is 8.35. The number of rotatable bonds is 6. The zero-order chi connectivity index (χ0) is 18.5. The van der Waals surface area contributed by atoms with E-state index in [1.54, 1.807) is 24.3 Å². The number of benzene rings is 2. The molecule has 8 heteroatoms. The molecule has 1 aromatic heterocycles. The number of nitrogens with two attached hydrogens (primary N) is 1. The third kappa shape index (κ3) is 4.43. The highest BCUT2D eigenvalue weighted by Gasteiger charge is 2.18. The number of aromatic nitrogens is 1. The van der Waals surface area contributed by atoms with Crippen molar-refractivity contribution in [3.63, 3.8) is 0 Å². The predicted molar refractivity (Wildman–Crippen MR) is 107 cm³/mol. The van der Waals surface area contributed by atoms with Crippen LogP contribution >= 0.6 is 34.7 Å². The molecule has 0 aliphatic heterocycles. The van der Waals surface area contributed by atoms with Gasteiger partial charge < -0.3 is 11.1 Å². The molecular formula is C18H14ClN3O2S2. The van der Waals surface area contributed by atoms with Crippen LogP contribution in [0.25, 0.3) is 11.3 Å². The lowest BCUT2D eigenvalue weighted by Crippen LogP contribution is -2.12. The van der Waals surface area contributed by atoms with Gasteiger partial charge in [-0.25, -0.2) is 4.98 Å². The van der Waals surface area contributed by atoms with Gasteiger partial charge in [0.15, 0.2) is 4.34 Å². The van der Waals surface area contributed by atoms with E-state index >= 15 is 0 Å². The first-order valence-electron chi connectivity index (χ1n) is 7.58. The van der Waals surface area contributed by atoms with Gasteiger partial charge in [-0.3, -0.25) is 9.59 Å². The van der Waals surface area contributed by atoms with E-state index in [0.717, 1.165) is 5.56 Å².